The number of fused-ring (bicyclic) bond motifs is 4. The zero-order valence-electron chi connectivity index (χ0n) is 18.7. The van der Waals surface area contributed by atoms with Gasteiger partial charge in [-0.15, -0.1) is 0 Å². The molecule has 172 valence electrons. The van der Waals surface area contributed by atoms with Crippen LogP contribution in [0.4, 0.5) is 5.69 Å². The Kier molecular flexibility index (Phi) is 4.82. The molecule has 2 aromatic rings. The number of esters is 1. The van der Waals surface area contributed by atoms with Crippen LogP contribution in [0.15, 0.2) is 46.6 Å². The third kappa shape index (κ3) is 2.78. The number of para-hydroxylation sites is 1. The normalized spacial score (nSPS) is 23.5. The first kappa shape index (κ1) is 21.3. The fourth-order valence-corrected chi connectivity index (χ4v) is 5.26. The third-order valence-corrected chi connectivity index (χ3v) is 6.78. The maximum Gasteiger partial charge on any atom is 0.340 e. The van der Waals surface area contributed by atoms with Crippen LogP contribution in [0.1, 0.15) is 29.7 Å². The fourth-order valence-electron chi connectivity index (χ4n) is 5.26. The second-order valence-electron chi connectivity index (χ2n) is 8.54. The molecule has 4 heterocycles. The molecular formula is C24H25N3O6. The summed E-state index contributed by atoms with van der Waals surface area (Å²) in [6.45, 7) is 2.78. The molecule has 33 heavy (non-hydrogen) atoms. The van der Waals surface area contributed by atoms with Crippen LogP contribution in [0.3, 0.4) is 0 Å². The maximum atomic E-state index is 14.0. The second-order valence-corrected chi connectivity index (χ2v) is 8.54. The van der Waals surface area contributed by atoms with Crippen LogP contribution >= 0.6 is 0 Å². The molecule has 1 spiro atoms. The van der Waals surface area contributed by atoms with Crippen molar-refractivity contribution in [3.63, 3.8) is 0 Å². The largest absolute Gasteiger partial charge is 0.465 e. The maximum absolute atomic E-state index is 14.0. The fraction of sp³-hybridized carbons (Fsp3) is 0.375. The van der Waals surface area contributed by atoms with Crippen molar-refractivity contribution in [1.29, 1.82) is 0 Å². The van der Waals surface area contributed by atoms with E-state index in [9.17, 15) is 14.4 Å². The van der Waals surface area contributed by atoms with E-state index < -0.39 is 22.9 Å². The molecular weight excluding hydrogens is 426 g/mol. The van der Waals surface area contributed by atoms with E-state index in [1.807, 2.05) is 0 Å². The number of likely N-dealkylation sites (N-methyl/N-ethyl adjacent to an activating group) is 1. The smallest absolute Gasteiger partial charge is 0.340 e. The van der Waals surface area contributed by atoms with Gasteiger partial charge in [-0.05, 0) is 25.8 Å². The molecule has 3 aliphatic rings. The first-order valence-corrected chi connectivity index (χ1v) is 10.8. The van der Waals surface area contributed by atoms with E-state index in [4.69, 9.17) is 19.9 Å². The summed E-state index contributed by atoms with van der Waals surface area (Å²) in [5, 5.41) is 0. The predicted octanol–water partition coefficient (Wildman–Crippen LogP) is 1.33. The molecule has 1 fully saturated rings. The highest BCUT2D eigenvalue weighted by atomic mass is 16.5. The molecule has 3 aliphatic heterocycles. The first-order valence-electron chi connectivity index (χ1n) is 10.8. The van der Waals surface area contributed by atoms with Crippen LogP contribution in [0.2, 0.25) is 0 Å². The molecule has 0 bridgehead atoms. The Morgan fingerprint density at radius 3 is 2.76 bits per heavy atom. The summed E-state index contributed by atoms with van der Waals surface area (Å²) in [7, 11) is 2.81. The van der Waals surface area contributed by atoms with Gasteiger partial charge in [0.05, 0.1) is 25.3 Å². The van der Waals surface area contributed by atoms with Crippen molar-refractivity contribution in [2.75, 3.05) is 25.7 Å². The van der Waals surface area contributed by atoms with E-state index in [1.54, 1.807) is 48.9 Å². The van der Waals surface area contributed by atoms with Crippen LogP contribution in [0.5, 0.6) is 5.75 Å². The van der Waals surface area contributed by atoms with Crippen molar-refractivity contribution < 1.29 is 23.8 Å². The van der Waals surface area contributed by atoms with Gasteiger partial charge in [0.25, 0.3) is 5.56 Å². The molecule has 1 amide bonds. The average molecular weight is 451 g/mol. The summed E-state index contributed by atoms with van der Waals surface area (Å²) in [5.41, 5.74) is 5.59. The first-order chi connectivity index (χ1) is 15.8. The molecule has 1 aromatic carbocycles. The Balaban J connectivity index is 1.86. The number of hydrogen-bond acceptors (Lipinski definition) is 7. The lowest BCUT2D eigenvalue weighted by Gasteiger charge is -2.35. The summed E-state index contributed by atoms with van der Waals surface area (Å²) in [6.07, 6.45) is 1.67. The molecule has 1 saturated heterocycles. The zero-order valence-corrected chi connectivity index (χ0v) is 18.7. The molecule has 0 saturated carbocycles. The number of carbonyl (C=O) groups is 2. The van der Waals surface area contributed by atoms with Crippen LogP contribution in [0, 0.1) is 6.92 Å². The molecule has 9 heteroatoms. The number of anilines is 1. The number of aryl methyl sites for hydroxylation is 1. The summed E-state index contributed by atoms with van der Waals surface area (Å²) in [4.78, 5) is 42.5. The predicted molar refractivity (Wildman–Crippen MR) is 119 cm³/mol. The van der Waals surface area contributed by atoms with Crippen molar-refractivity contribution in [2.24, 2.45) is 5.73 Å². The van der Waals surface area contributed by atoms with E-state index in [0.29, 0.717) is 30.1 Å². The minimum atomic E-state index is -1.78. The lowest BCUT2D eigenvalue weighted by molar-refractivity contribution is -0.138. The number of ether oxygens (including phenoxy) is 3. The van der Waals surface area contributed by atoms with E-state index in [1.165, 1.54) is 12.0 Å². The lowest BCUT2D eigenvalue weighted by Crippen LogP contribution is -2.51. The van der Waals surface area contributed by atoms with Crippen LogP contribution in [0.25, 0.3) is 0 Å². The Labute approximate surface area is 190 Å². The van der Waals surface area contributed by atoms with Gasteiger partial charge in [0.15, 0.2) is 0 Å². The van der Waals surface area contributed by atoms with E-state index in [2.05, 4.69) is 0 Å². The molecule has 0 aliphatic carbocycles. The number of nitrogens with two attached hydrogens (primary N) is 1. The molecule has 0 unspecified atom stereocenters. The highest BCUT2D eigenvalue weighted by Gasteiger charge is 2.62. The van der Waals surface area contributed by atoms with Crippen LogP contribution < -0.4 is 20.9 Å². The highest BCUT2D eigenvalue weighted by molar-refractivity contribution is 6.18. The summed E-state index contributed by atoms with van der Waals surface area (Å²) >= 11 is 0. The van der Waals surface area contributed by atoms with Gasteiger partial charge >= 0.3 is 5.97 Å². The summed E-state index contributed by atoms with van der Waals surface area (Å²) in [5.74, 6) is -1.41. The molecule has 9 nitrogen and oxygen atoms in total. The molecule has 2 N–H and O–H groups in total. The van der Waals surface area contributed by atoms with Gasteiger partial charge in [0, 0.05) is 36.7 Å². The number of pyridine rings is 1. The van der Waals surface area contributed by atoms with E-state index in [0.717, 1.165) is 12.8 Å². The van der Waals surface area contributed by atoms with Gasteiger partial charge in [0.1, 0.15) is 16.7 Å². The minimum absolute atomic E-state index is 0.0579. The highest BCUT2D eigenvalue weighted by Crippen LogP contribution is 2.54. The van der Waals surface area contributed by atoms with Crippen molar-refractivity contribution in [3.05, 3.63) is 69.0 Å². The summed E-state index contributed by atoms with van der Waals surface area (Å²) in [6, 6.07) is 8.72. The number of nitrogens with zero attached hydrogens (tertiary/aromatic N) is 2. The zero-order chi connectivity index (χ0) is 23.5. The standard InChI is InChI=1S/C24H25N3O6/c1-13-11-17-18(21(28)27(13)12-14-7-6-10-32-14)24(19(20(25)33-17)22(29)31-3)15-8-4-5-9-16(15)26(2)23(24)30/h4-5,8-9,11,14H,6-7,10,12,25H2,1-3H3/t14-,24-/m0/s1. The van der Waals surface area contributed by atoms with Crippen molar-refractivity contribution >= 4 is 17.6 Å². The number of methoxy groups -OCH3 is 1. The van der Waals surface area contributed by atoms with Gasteiger partial charge < -0.3 is 29.4 Å². The Hall–Kier alpha value is -3.59. The average Bonchev–Trinajstić information content (AvgIpc) is 3.39. The second kappa shape index (κ2) is 7.48. The number of carbonyl (C=O) groups excluding carboxylic acids is 2. The number of benzene rings is 1. The molecule has 1 aromatic heterocycles. The number of rotatable bonds is 3. The monoisotopic (exact) mass is 451 g/mol. The lowest BCUT2D eigenvalue weighted by atomic mass is 9.68. The quantitative estimate of drug-likeness (QED) is 0.701. The Bertz CT molecular complexity index is 1270. The molecule has 2 atom stereocenters. The number of aromatic nitrogens is 1. The van der Waals surface area contributed by atoms with Gasteiger partial charge in [-0.2, -0.15) is 0 Å². The Morgan fingerprint density at radius 1 is 1.30 bits per heavy atom. The number of hydrogen-bond donors (Lipinski definition) is 1. The van der Waals surface area contributed by atoms with Crippen molar-refractivity contribution in [1.82, 2.24) is 4.57 Å². The van der Waals surface area contributed by atoms with E-state index >= 15 is 0 Å². The third-order valence-electron chi connectivity index (χ3n) is 6.78. The SMILES string of the molecule is COC(=O)C1=C(N)Oc2cc(C)n(C[C@@H]3CCCO3)c(=O)c2[C@]12C(=O)N(C)c1ccccc12. The minimum Gasteiger partial charge on any atom is -0.465 e. The molecule has 0 radical (unpaired) electrons. The van der Waals surface area contributed by atoms with Crippen LogP contribution in [-0.2, 0) is 31.0 Å². The summed E-state index contributed by atoms with van der Waals surface area (Å²) < 4.78 is 18.1. The number of amides is 1. The van der Waals surface area contributed by atoms with Gasteiger partial charge in [0.2, 0.25) is 11.8 Å². The molecule has 5 rings (SSSR count). The van der Waals surface area contributed by atoms with Crippen molar-refractivity contribution in [2.45, 2.75) is 37.8 Å². The van der Waals surface area contributed by atoms with Gasteiger partial charge in [-0.1, -0.05) is 18.2 Å². The van der Waals surface area contributed by atoms with Crippen molar-refractivity contribution in [3.8, 4) is 5.75 Å². The van der Waals surface area contributed by atoms with Crippen LogP contribution in [-0.4, -0.2) is 43.3 Å². The van der Waals surface area contributed by atoms with Gasteiger partial charge in [-0.25, -0.2) is 4.79 Å². The van der Waals surface area contributed by atoms with E-state index in [-0.39, 0.29) is 28.9 Å². The topological polar surface area (TPSA) is 113 Å². The Morgan fingerprint density at radius 2 is 2.06 bits per heavy atom. The van der Waals surface area contributed by atoms with Gasteiger partial charge in [-0.3, -0.25) is 9.59 Å².